The van der Waals surface area contributed by atoms with Crippen molar-refractivity contribution < 1.29 is 9.47 Å². The Morgan fingerprint density at radius 3 is 2.90 bits per heavy atom. The highest BCUT2D eigenvalue weighted by Gasteiger charge is 2.12. The Morgan fingerprint density at radius 1 is 1.19 bits per heavy atom. The zero-order valence-corrected chi connectivity index (χ0v) is 12.8. The van der Waals surface area contributed by atoms with E-state index in [4.69, 9.17) is 9.47 Å². The summed E-state index contributed by atoms with van der Waals surface area (Å²) in [7, 11) is 1.94. The zero-order valence-electron chi connectivity index (χ0n) is 12.0. The molecular weight excluding hydrogens is 284 g/mol. The van der Waals surface area contributed by atoms with Crippen LogP contribution in [0.4, 0.5) is 0 Å². The Bertz CT molecular complexity index is 619. The first-order chi connectivity index (χ1) is 10.4. The van der Waals surface area contributed by atoms with Gasteiger partial charge in [0.1, 0.15) is 5.03 Å². The van der Waals surface area contributed by atoms with Crippen molar-refractivity contribution in [3.63, 3.8) is 0 Å². The maximum atomic E-state index is 5.73. The molecule has 0 radical (unpaired) electrons. The van der Waals surface area contributed by atoms with Gasteiger partial charge in [-0.3, -0.25) is 0 Å². The van der Waals surface area contributed by atoms with Gasteiger partial charge >= 0.3 is 0 Å². The van der Waals surface area contributed by atoms with E-state index in [0.29, 0.717) is 13.2 Å². The highest BCUT2D eigenvalue weighted by atomic mass is 32.2. The lowest BCUT2D eigenvalue weighted by atomic mass is 10.3. The summed E-state index contributed by atoms with van der Waals surface area (Å²) in [5, 5.41) is 4.19. The van der Waals surface area contributed by atoms with Crippen LogP contribution in [0.15, 0.2) is 46.5 Å². The van der Waals surface area contributed by atoms with E-state index in [9.17, 15) is 0 Å². The highest BCUT2D eigenvalue weighted by Crippen LogP contribution is 2.36. The molecule has 0 amide bonds. The fraction of sp³-hybridized carbons (Fsp3) is 0.312. The molecule has 0 saturated carbocycles. The number of pyridine rings is 1. The minimum absolute atomic E-state index is 0.704. The number of hydrogen-bond acceptors (Lipinski definition) is 5. The molecule has 1 aliphatic rings. The van der Waals surface area contributed by atoms with Crippen LogP contribution in [-0.4, -0.2) is 25.2 Å². The lowest BCUT2D eigenvalue weighted by molar-refractivity contribution is 0.297. The Kier molecular flexibility index (Phi) is 4.62. The normalized spacial score (nSPS) is 13.8. The van der Waals surface area contributed by atoms with Gasteiger partial charge in [-0.05, 0) is 36.9 Å². The Hall–Kier alpha value is -1.72. The minimum atomic E-state index is 0.704. The van der Waals surface area contributed by atoms with Gasteiger partial charge in [-0.2, -0.15) is 0 Å². The van der Waals surface area contributed by atoms with Crippen LogP contribution in [0.1, 0.15) is 12.0 Å². The molecule has 0 aliphatic carbocycles. The number of nitrogens with zero attached hydrogens (tertiary/aromatic N) is 1. The summed E-state index contributed by atoms with van der Waals surface area (Å²) in [5.74, 6) is 1.65. The Balaban J connectivity index is 1.83. The second-order valence-electron chi connectivity index (χ2n) is 4.76. The molecule has 0 atom stereocenters. The second kappa shape index (κ2) is 6.83. The van der Waals surface area contributed by atoms with Crippen LogP contribution >= 0.6 is 11.8 Å². The number of ether oxygens (including phenoxy) is 2. The van der Waals surface area contributed by atoms with Crippen LogP contribution in [0.2, 0.25) is 0 Å². The van der Waals surface area contributed by atoms with E-state index >= 15 is 0 Å². The molecule has 21 heavy (non-hydrogen) atoms. The molecular formula is C16H18N2O2S. The predicted octanol–water partition coefficient (Wildman–Crippen LogP) is 3.11. The van der Waals surface area contributed by atoms with Gasteiger partial charge in [0.05, 0.1) is 13.2 Å². The van der Waals surface area contributed by atoms with Gasteiger partial charge < -0.3 is 14.8 Å². The first-order valence-corrected chi connectivity index (χ1v) is 7.84. The molecule has 1 aromatic carbocycles. The van der Waals surface area contributed by atoms with Crippen LogP contribution in [0, 0.1) is 0 Å². The van der Waals surface area contributed by atoms with Gasteiger partial charge in [-0.25, -0.2) is 4.98 Å². The van der Waals surface area contributed by atoms with Crippen molar-refractivity contribution in [3.05, 3.63) is 42.1 Å². The van der Waals surface area contributed by atoms with E-state index in [2.05, 4.69) is 22.4 Å². The zero-order chi connectivity index (χ0) is 14.5. The minimum Gasteiger partial charge on any atom is -0.490 e. The van der Waals surface area contributed by atoms with Crippen molar-refractivity contribution in [3.8, 4) is 11.5 Å². The maximum absolute atomic E-state index is 5.73. The molecule has 2 aromatic rings. The molecule has 0 fully saturated rings. The smallest absolute Gasteiger partial charge is 0.162 e. The number of fused-ring (bicyclic) bond motifs is 1. The third-order valence-electron chi connectivity index (χ3n) is 3.15. The van der Waals surface area contributed by atoms with Crippen molar-refractivity contribution in [1.29, 1.82) is 0 Å². The van der Waals surface area contributed by atoms with Gasteiger partial charge in [0.15, 0.2) is 11.5 Å². The van der Waals surface area contributed by atoms with Crippen molar-refractivity contribution in [2.45, 2.75) is 22.9 Å². The molecule has 5 heteroatoms. The second-order valence-corrected chi connectivity index (χ2v) is 5.82. The SMILES string of the molecule is CNCc1cccnc1Sc1ccc2c(c1)OCCCO2. The summed E-state index contributed by atoms with van der Waals surface area (Å²) in [6.45, 7) is 2.22. The molecule has 0 bridgehead atoms. The fourth-order valence-electron chi connectivity index (χ4n) is 2.16. The van der Waals surface area contributed by atoms with Crippen molar-refractivity contribution in [1.82, 2.24) is 10.3 Å². The fourth-order valence-corrected chi connectivity index (χ4v) is 3.07. The molecule has 4 nitrogen and oxygen atoms in total. The molecule has 1 aliphatic heterocycles. The molecule has 0 saturated heterocycles. The first-order valence-electron chi connectivity index (χ1n) is 7.03. The van der Waals surface area contributed by atoms with E-state index in [1.807, 2.05) is 31.4 Å². The highest BCUT2D eigenvalue weighted by molar-refractivity contribution is 7.99. The monoisotopic (exact) mass is 302 g/mol. The van der Waals surface area contributed by atoms with Crippen LogP contribution in [0.25, 0.3) is 0 Å². The van der Waals surface area contributed by atoms with Crippen LogP contribution < -0.4 is 14.8 Å². The molecule has 0 spiro atoms. The van der Waals surface area contributed by atoms with Gasteiger partial charge in [0.2, 0.25) is 0 Å². The van der Waals surface area contributed by atoms with Gasteiger partial charge in [0.25, 0.3) is 0 Å². The van der Waals surface area contributed by atoms with E-state index < -0.39 is 0 Å². The van der Waals surface area contributed by atoms with E-state index in [1.165, 1.54) is 5.56 Å². The molecule has 1 aromatic heterocycles. The quantitative estimate of drug-likeness (QED) is 0.940. The average Bonchev–Trinajstić information content (AvgIpc) is 2.74. The largest absolute Gasteiger partial charge is 0.490 e. The summed E-state index contributed by atoms with van der Waals surface area (Å²) in [5.41, 5.74) is 1.19. The third-order valence-corrected chi connectivity index (χ3v) is 4.20. The van der Waals surface area contributed by atoms with Crippen LogP contribution in [0.3, 0.4) is 0 Å². The number of hydrogen-bond donors (Lipinski definition) is 1. The van der Waals surface area contributed by atoms with Crippen molar-refractivity contribution in [2.75, 3.05) is 20.3 Å². The number of aromatic nitrogens is 1. The number of rotatable bonds is 4. The van der Waals surface area contributed by atoms with E-state index in [0.717, 1.165) is 34.4 Å². The van der Waals surface area contributed by atoms with Crippen molar-refractivity contribution >= 4 is 11.8 Å². The molecule has 110 valence electrons. The topological polar surface area (TPSA) is 43.4 Å². The van der Waals surface area contributed by atoms with Crippen molar-refractivity contribution in [2.24, 2.45) is 0 Å². The summed E-state index contributed by atoms with van der Waals surface area (Å²) in [6.07, 6.45) is 2.74. The Labute approximate surface area is 128 Å². The van der Waals surface area contributed by atoms with E-state index in [-0.39, 0.29) is 0 Å². The van der Waals surface area contributed by atoms with Gasteiger partial charge in [0, 0.05) is 24.1 Å². The Morgan fingerprint density at radius 2 is 2.05 bits per heavy atom. The molecule has 2 heterocycles. The van der Waals surface area contributed by atoms with Gasteiger partial charge in [-0.15, -0.1) is 0 Å². The predicted molar refractivity (Wildman–Crippen MR) is 83.2 cm³/mol. The summed E-state index contributed by atoms with van der Waals surface area (Å²) in [6, 6.07) is 10.1. The van der Waals surface area contributed by atoms with Crippen LogP contribution in [-0.2, 0) is 6.54 Å². The molecule has 3 rings (SSSR count). The number of benzene rings is 1. The standard InChI is InChI=1S/C16H18N2O2S/c1-17-11-12-4-2-7-18-16(12)21-13-5-6-14-15(10-13)20-9-3-8-19-14/h2,4-7,10,17H,3,8-9,11H2,1H3. The third kappa shape index (κ3) is 3.49. The van der Waals surface area contributed by atoms with E-state index in [1.54, 1.807) is 11.8 Å². The first kappa shape index (κ1) is 14.2. The lowest BCUT2D eigenvalue weighted by Gasteiger charge is -2.10. The summed E-state index contributed by atoms with van der Waals surface area (Å²) >= 11 is 1.65. The summed E-state index contributed by atoms with van der Waals surface area (Å²) in [4.78, 5) is 5.58. The average molecular weight is 302 g/mol. The van der Waals surface area contributed by atoms with Crippen LogP contribution in [0.5, 0.6) is 11.5 Å². The summed E-state index contributed by atoms with van der Waals surface area (Å²) < 4.78 is 11.4. The van der Waals surface area contributed by atoms with Gasteiger partial charge in [-0.1, -0.05) is 17.8 Å². The maximum Gasteiger partial charge on any atom is 0.162 e. The molecule has 0 unspecified atom stereocenters. The number of nitrogens with one attached hydrogen (secondary N) is 1. The lowest BCUT2D eigenvalue weighted by Crippen LogP contribution is -2.06. The molecule has 1 N–H and O–H groups in total.